The van der Waals surface area contributed by atoms with Gasteiger partial charge in [0.2, 0.25) is 0 Å². The quantitative estimate of drug-likeness (QED) is 0.763. The summed E-state index contributed by atoms with van der Waals surface area (Å²) in [6.45, 7) is 0.199. The number of carbonyl (C=O) groups is 1. The number of nitrogens with zero attached hydrogens (tertiary/aromatic N) is 2. The maximum absolute atomic E-state index is 11.7. The zero-order valence-electron chi connectivity index (χ0n) is 8.64. The lowest BCUT2D eigenvalue weighted by Gasteiger charge is -2.05. The smallest absolute Gasteiger partial charge is 0.255 e. The molecule has 0 bridgehead atoms. The van der Waals surface area contributed by atoms with Gasteiger partial charge in [-0.15, -0.1) is 0 Å². The van der Waals surface area contributed by atoms with Crippen molar-refractivity contribution < 1.29 is 9.90 Å². The van der Waals surface area contributed by atoms with E-state index in [1.165, 1.54) is 24.5 Å². The maximum Gasteiger partial charge on any atom is 0.255 e. The zero-order valence-corrected chi connectivity index (χ0v) is 9.40. The normalized spacial score (nSPS) is 10.2. The first kappa shape index (κ1) is 11.4. The van der Waals surface area contributed by atoms with E-state index < -0.39 is 5.91 Å². The molecule has 0 aliphatic heterocycles. The highest BCUT2D eigenvalue weighted by molar-refractivity contribution is 6.31. The van der Waals surface area contributed by atoms with E-state index in [1.54, 1.807) is 0 Å². The Bertz CT molecular complexity index is 527. The lowest BCUT2D eigenvalue weighted by molar-refractivity contribution is 0.0947. The van der Waals surface area contributed by atoms with Gasteiger partial charge < -0.3 is 10.4 Å². The van der Waals surface area contributed by atoms with E-state index in [4.69, 9.17) is 11.6 Å². The topological polar surface area (TPSA) is 90.9 Å². The monoisotopic (exact) mass is 252 g/mol. The predicted molar refractivity (Wildman–Crippen MR) is 60.7 cm³/mol. The molecule has 2 aromatic rings. The van der Waals surface area contributed by atoms with Crippen LogP contribution in [0.5, 0.6) is 5.75 Å². The van der Waals surface area contributed by atoms with Gasteiger partial charge in [0.1, 0.15) is 17.9 Å². The molecule has 2 rings (SSSR count). The van der Waals surface area contributed by atoms with Crippen molar-refractivity contribution in [1.29, 1.82) is 0 Å². The molecule has 88 valence electrons. The highest BCUT2D eigenvalue weighted by Gasteiger charge is 2.11. The van der Waals surface area contributed by atoms with E-state index in [-0.39, 0.29) is 17.9 Å². The Hall–Kier alpha value is -2.08. The second-order valence-electron chi connectivity index (χ2n) is 3.28. The van der Waals surface area contributed by atoms with Crippen LogP contribution in [-0.4, -0.2) is 26.2 Å². The molecule has 1 aromatic heterocycles. The highest BCUT2D eigenvalue weighted by atomic mass is 35.5. The molecule has 1 aromatic carbocycles. The molecule has 3 N–H and O–H groups in total. The first-order valence-electron chi connectivity index (χ1n) is 4.78. The SMILES string of the molecule is O=C(NCc1ncn[nH]1)c1cc(Cl)ccc1O. The van der Waals surface area contributed by atoms with Crippen LogP contribution < -0.4 is 5.32 Å². The largest absolute Gasteiger partial charge is 0.507 e. The number of aromatic hydroxyl groups is 1. The van der Waals surface area contributed by atoms with Gasteiger partial charge in [0.05, 0.1) is 12.1 Å². The van der Waals surface area contributed by atoms with Crippen molar-refractivity contribution >= 4 is 17.5 Å². The van der Waals surface area contributed by atoms with Crippen LogP contribution in [-0.2, 0) is 6.54 Å². The van der Waals surface area contributed by atoms with Crippen LogP contribution >= 0.6 is 11.6 Å². The van der Waals surface area contributed by atoms with Crippen molar-refractivity contribution in [2.24, 2.45) is 0 Å². The Morgan fingerprint density at radius 1 is 1.53 bits per heavy atom. The Morgan fingerprint density at radius 2 is 2.35 bits per heavy atom. The van der Waals surface area contributed by atoms with Gasteiger partial charge in [0, 0.05) is 5.02 Å². The average Bonchev–Trinajstić information content (AvgIpc) is 2.82. The number of H-pyrrole nitrogens is 1. The van der Waals surface area contributed by atoms with Crippen molar-refractivity contribution in [2.75, 3.05) is 0 Å². The van der Waals surface area contributed by atoms with Crippen molar-refractivity contribution in [3.63, 3.8) is 0 Å². The van der Waals surface area contributed by atoms with Crippen LogP contribution in [0.3, 0.4) is 0 Å². The maximum atomic E-state index is 11.7. The number of phenolic OH excluding ortho intramolecular Hbond substituents is 1. The number of hydrogen-bond donors (Lipinski definition) is 3. The minimum atomic E-state index is -0.429. The third-order valence-electron chi connectivity index (χ3n) is 2.08. The van der Waals surface area contributed by atoms with Crippen LogP contribution in [0.4, 0.5) is 0 Å². The minimum absolute atomic E-state index is 0.121. The number of hydrogen-bond acceptors (Lipinski definition) is 4. The predicted octanol–water partition coefficient (Wildman–Crippen LogP) is 1.09. The molecule has 0 aliphatic rings. The summed E-state index contributed by atoms with van der Waals surface area (Å²) >= 11 is 5.74. The zero-order chi connectivity index (χ0) is 12.3. The molecule has 0 saturated heterocycles. The van der Waals surface area contributed by atoms with E-state index in [1.807, 2.05) is 0 Å². The molecular formula is C10H9ClN4O2. The number of aromatic amines is 1. The van der Waals surface area contributed by atoms with Gasteiger partial charge in [0.25, 0.3) is 5.91 Å². The van der Waals surface area contributed by atoms with Gasteiger partial charge in [-0.25, -0.2) is 4.98 Å². The third-order valence-corrected chi connectivity index (χ3v) is 2.32. The van der Waals surface area contributed by atoms with E-state index >= 15 is 0 Å². The summed E-state index contributed by atoms with van der Waals surface area (Å²) in [5, 5.41) is 18.7. The molecule has 0 aliphatic carbocycles. The fourth-order valence-corrected chi connectivity index (χ4v) is 1.44. The number of benzene rings is 1. The van der Waals surface area contributed by atoms with Crippen LogP contribution in [0.25, 0.3) is 0 Å². The Labute approximate surface area is 102 Å². The number of amides is 1. The van der Waals surface area contributed by atoms with Gasteiger partial charge >= 0.3 is 0 Å². The van der Waals surface area contributed by atoms with Crippen molar-refractivity contribution in [2.45, 2.75) is 6.54 Å². The average molecular weight is 253 g/mol. The summed E-state index contributed by atoms with van der Waals surface area (Å²) in [5.74, 6) is -0.0225. The lowest BCUT2D eigenvalue weighted by atomic mass is 10.2. The van der Waals surface area contributed by atoms with Gasteiger partial charge in [-0.2, -0.15) is 5.10 Å². The van der Waals surface area contributed by atoms with E-state index in [2.05, 4.69) is 20.5 Å². The van der Waals surface area contributed by atoms with Crippen LogP contribution in [0, 0.1) is 0 Å². The summed E-state index contributed by atoms with van der Waals surface area (Å²) in [6, 6.07) is 4.27. The van der Waals surface area contributed by atoms with Gasteiger partial charge in [-0.1, -0.05) is 11.6 Å². The van der Waals surface area contributed by atoms with E-state index in [0.29, 0.717) is 10.8 Å². The summed E-state index contributed by atoms with van der Waals surface area (Å²) < 4.78 is 0. The first-order valence-corrected chi connectivity index (χ1v) is 5.15. The molecule has 1 amide bonds. The van der Waals surface area contributed by atoms with Crippen molar-refractivity contribution in [3.05, 3.63) is 40.9 Å². The minimum Gasteiger partial charge on any atom is -0.507 e. The highest BCUT2D eigenvalue weighted by Crippen LogP contribution is 2.21. The molecule has 7 heteroatoms. The number of halogens is 1. The molecule has 6 nitrogen and oxygen atoms in total. The Kier molecular flexibility index (Phi) is 3.24. The van der Waals surface area contributed by atoms with Gasteiger partial charge in [-0.3, -0.25) is 9.89 Å². The number of rotatable bonds is 3. The molecule has 0 spiro atoms. The number of aromatic nitrogens is 3. The van der Waals surface area contributed by atoms with Crippen LogP contribution in [0.1, 0.15) is 16.2 Å². The van der Waals surface area contributed by atoms with Gasteiger partial charge in [0.15, 0.2) is 0 Å². The molecule has 17 heavy (non-hydrogen) atoms. The summed E-state index contributed by atoms with van der Waals surface area (Å²) in [6.07, 6.45) is 1.35. The second kappa shape index (κ2) is 4.84. The molecule has 0 unspecified atom stereocenters. The summed E-state index contributed by atoms with van der Waals surface area (Å²) in [5.41, 5.74) is 0.122. The Morgan fingerprint density at radius 3 is 3.06 bits per heavy atom. The van der Waals surface area contributed by atoms with Crippen LogP contribution in [0.15, 0.2) is 24.5 Å². The van der Waals surface area contributed by atoms with E-state index in [9.17, 15) is 9.90 Å². The molecular weight excluding hydrogens is 244 g/mol. The van der Waals surface area contributed by atoms with Crippen molar-refractivity contribution in [3.8, 4) is 5.75 Å². The molecule has 1 heterocycles. The summed E-state index contributed by atoms with van der Waals surface area (Å²) in [7, 11) is 0. The molecule has 0 atom stereocenters. The number of phenols is 1. The van der Waals surface area contributed by atoms with Gasteiger partial charge in [-0.05, 0) is 18.2 Å². The standard InChI is InChI=1S/C10H9ClN4O2/c11-6-1-2-8(16)7(3-6)10(17)12-4-9-13-5-14-15-9/h1-3,5,16H,4H2,(H,12,17)(H,13,14,15). The number of carbonyl (C=O) groups excluding carboxylic acids is 1. The van der Waals surface area contributed by atoms with Crippen LogP contribution in [0.2, 0.25) is 5.02 Å². The number of nitrogens with one attached hydrogen (secondary N) is 2. The van der Waals surface area contributed by atoms with E-state index in [0.717, 1.165) is 0 Å². The third kappa shape index (κ3) is 2.73. The van der Waals surface area contributed by atoms with Crippen molar-refractivity contribution in [1.82, 2.24) is 20.5 Å². The first-order chi connectivity index (χ1) is 8.16. The fraction of sp³-hybridized carbons (Fsp3) is 0.100. The summed E-state index contributed by atoms with van der Waals surface area (Å²) in [4.78, 5) is 15.6. The molecule has 0 radical (unpaired) electrons. The second-order valence-corrected chi connectivity index (χ2v) is 3.71. The fourth-order valence-electron chi connectivity index (χ4n) is 1.27. The lowest BCUT2D eigenvalue weighted by Crippen LogP contribution is -2.23. The Balaban J connectivity index is 2.07. The molecule has 0 fully saturated rings. The molecule has 0 saturated carbocycles.